The Kier molecular flexibility index (Phi) is 3.35. The molecule has 2 aromatic rings. The molecule has 0 saturated carbocycles. The summed E-state index contributed by atoms with van der Waals surface area (Å²) in [5.74, 6) is -0.0317. The normalized spacial score (nSPS) is 13.8. The van der Waals surface area contributed by atoms with E-state index in [0.717, 1.165) is 35.6 Å². The first-order valence-electron chi connectivity index (χ1n) is 6.53. The van der Waals surface area contributed by atoms with Crippen LogP contribution in [0.25, 0.3) is 11.3 Å². The van der Waals surface area contributed by atoms with E-state index < -0.39 is 0 Å². The number of carbonyl (C=O) groups excluding carboxylic acids is 1. The van der Waals surface area contributed by atoms with Crippen molar-refractivity contribution in [3.05, 3.63) is 47.9 Å². The van der Waals surface area contributed by atoms with Gasteiger partial charge in [-0.3, -0.25) is 4.79 Å². The Morgan fingerprint density at radius 1 is 1.25 bits per heavy atom. The predicted molar refractivity (Wildman–Crippen MR) is 78.2 cm³/mol. The van der Waals surface area contributed by atoms with Gasteiger partial charge in [-0.2, -0.15) is 0 Å². The summed E-state index contributed by atoms with van der Waals surface area (Å²) in [5, 5.41) is 6.05. The highest BCUT2D eigenvalue weighted by atomic mass is 16.1. The first-order valence-corrected chi connectivity index (χ1v) is 6.53. The molecular weight excluding hydrogens is 252 g/mol. The van der Waals surface area contributed by atoms with E-state index in [9.17, 15) is 4.79 Å². The van der Waals surface area contributed by atoms with Gasteiger partial charge in [0.1, 0.15) is 0 Å². The molecule has 102 valence electrons. The molecule has 0 aliphatic carbocycles. The quantitative estimate of drug-likeness (QED) is 0.745. The topological polar surface area (TPSA) is 69.8 Å². The van der Waals surface area contributed by atoms with Crippen LogP contribution < -0.4 is 10.6 Å². The Balaban J connectivity index is 1.71. The fourth-order valence-electron chi connectivity index (χ4n) is 2.05. The number of nitrogens with zero attached hydrogens (tertiary/aromatic N) is 1. The second-order valence-electron chi connectivity index (χ2n) is 4.83. The average molecular weight is 268 g/mol. The molecule has 1 aliphatic heterocycles. The van der Waals surface area contributed by atoms with E-state index in [1.165, 1.54) is 5.57 Å². The molecular formula is C15H16N4O. The molecule has 2 heterocycles. The number of anilines is 1. The van der Waals surface area contributed by atoms with Crippen molar-refractivity contribution in [3.63, 3.8) is 0 Å². The van der Waals surface area contributed by atoms with Gasteiger partial charge < -0.3 is 15.6 Å². The van der Waals surface area contributed by atoms with E-state index in [0.29, 0.717) is 0 Å². The predicted octanol–water partition coefficient (Wildman–Crippen LogP) is 1.93. The van der Waals surface area contributed by atoms with Crippen LogP contribution in [0, 0.1) is 0 Å². The molecule has 3 N–H and O–H groups in total. The van der Waals surface area contributed by atoms with Gasteiger partial charge in [-0.1, -0.05) is 12.1 Å². The molecule has 1 amide bonds. The number of rotatable bonds is 3. The highest BCUT2D eigenvalue weighted by molar-refractivity contribution is 6.04. The van der Waals surface area contributed by atoms with Crippen LogP contribution in [0.15, 0.2) is 47.9 Å². The number of H-pyrrole nitrogens is 1. The largest absolute Gasteiger partial charge is 0.345 e. The van der Waals surface area contributed by atoms with Crippen LogP contribution in [0.1, 0.15) is 6.92 Å². The fourth-order valence-corrected chi connectivity index (χ4v) is 2.05. The minimum absolute atomic E-state index is 0.0317. The molecule has 1 saturated heterocycles. The van der Waals surface area contributed by atoms with Crippen LogP contribution in [0.4, 0.5) is 5.69 Å². The van der Waals surface area contributed by atoms with Gasteiger partial charge in [0.25, 0.3) is 5.91 Å². The molecule has 1 aromatic heterocycles. The zero-order valence-corrected chi connectivity index (χ0v) is 11.2. The van der Waals surface area contributed by atoms with Gasteiger partial charge in [0.2, 0.25) is 0 Å². The van der Waals surface area contributed by atoms with Crippen molar-refractivity contribution < 1.29 is 4.79 Å². The van der Waals surface area contributed by atoms with Crippen molar-refractivity contribution in [2.45, 2.75) is 6.92 Å². The second kappa shape index (κ2) is 5.30. The molecule has 0 bridgehead atoms. The standard InChI is InChI=1S/C15H16N4O/c1-10(12-6-16-7-12)15(20)19-13-4-2-11(3-5-13)14-8-17-9-18-14/h2-5,8-9,16H,6-7H2,1H3,(H,17,18)(H,19,20). The smallest absolute Gasteiger partial charge is 0.251 e. The number of hydrogen-bond donors (Lipinski definition) is 3. The lowest BCUT2D eigenvalue weighted by atomic mass is 10.0. The van der Waals surface area contributed by atoms with E-state index in [1.807, 2.05) is 31.2 Å². The van der Waals surface area contributed by atoms with Crippen LogP contribution >= 0.6 is 0 Å². The van der Waals surface area contributed by atoms with Crippen LogP contribution in [-0.2, 0) is 4.79 Å². The van der Waals surface area contributed by atoms with Crippen molar-refractivity contribution >= 4 is 11.6 Å². The maximum absolute atomic E-state index is 12.0. The summed E-state index contributed by atoms with van der Waals surface area (Å²) in [6.45, 7) is 3.50. The Morgan fingerprint density at radius 2 is 2.00 bits per heavy atom. The minimum atomic E-state index is -0.0317. The lowest BCUT2D eigenvalue weighted by Gasteiger charge is -2.21. The van der Waals surface area contributed by atoms with Crippen molar-refractivity contribution in [2.75, 3.05) is 18.4 Å². The monoisotopic (exact) mass is 268 g/mol. The first kappa shape index (κ1) is 12.6. The number of benzene rings is 1. The van der Waals surface area contributed by atoms with Crippen LogP contribution in [0.3, 0.4) is 0 Å². The van der Waals surface area contributed by atoms with Crippen molar-refractivity contribution in [3.8, 4) is 11.3 Å². The van der Waals surface area contributed by atoms with Crippen LogP contribution in [0.2, 0.25) is 0 Å². The van der Waals surface area contributed by atoms with Gasteiger partial charge in [-0.25, -0.2) is 4.98 Å². The van der Waals surface area contributed by atoms with Gasteiger partial charge in [0.15, 0.2) is 0 Å². The highest BCUT2D eigenvalue weighted by Crippen LogP contribution is 2.19. The van der Waals surface area contributed by atoms with Gasteiger partial charge >= 0.3 is 0 Å². The van der Waals surface area contributed by atoms with E-state index >= 15 is 0 Å². The molecule has 5 heteroatoms. The minimum Gasteiger partial charge on any atom is -0.345 e. The van der Waals surface area contributed by atoms with Gasteiger partial charge in [0, 0.05) is 24.4 Å². The van der Waals surface area contributed by atoms with Crippen LogP contribution in [-0.4, -0.2) is 29.0 Å². The zero-order valence-electron chi connectivity index (χ0n) is 11.2. The van der Waals surface area contributed by atoms with E-state index in [4.69, 9.17) is 0 Å². The number of imidazole rings is 1. The van der Waals surface area contributed by atoms with Gasteiger partial charge in [-0.15, -0.1) is 0 Å². The molecule has 5 nitrogen and oxygen atoms in total. The third kappa shape index (κ3) is 2.48. The average Bonchev–Trinajstić information content (AvgIpc) is 2.91. The molecule has 1 aliphatic rings. The first-order chi connectivity index (χ1) is 9.74. The summed E-state index contributed by atoms with van der Waals surface area (Å²) in [6, 6.07) is 7.70. The van der Waals surface area contributed by atoms with E-state index in [2.05, 4.69) is 20.6 Å². The fraction of sp³-hybridized carbons (Fsp3) is 0.200. The van der Waals surface area contributed by atoms with Gasteiger partial charge in [-0.05, 0) is 30.2 Å². The molecule has 3 rings (SSSR count). The van der Waals surface area contributed by atoms with Gasteiger partial charge in [0.05, 0.1) is 18.2 Å². The maximum Gasteiger partial charge on any atom is 0.251 e. The summed E-state index contributed by atoms with van der Waals surface area (Å²) in [6.07, 6.45) is 3.42. The summed E-state index contributed by atoms with van der Waals surface area (Å²) in [7, 11) is 0. The third-order valence-corrected chi connectivity index (χ3v) is 3.50. The molecule has 0 spiro atoms. The Bertz CT molecular complexity index is 635. The molecule has 20 heavy (non-hydrogen) atoms. The summed E-state index contributed by atoms with van der Waals surface area (Å²) in [5.41, 5.74) is 4.78. The van der Waals surface area contributed by atoms with Crippen molar-refractivity contribution in [1.29, 1.82) is 0 Å². The highest BCUT2D eigenvalue weighted by Gasteiger charge is 2.15. The summed E-state index contributed by atoms with van der Waals surface area (Å²) >= 11 is 0. The third-order valence-electron chi connectivity index (χ3n) is 3.50. The number of aromatic amines is 1. The molecule has 1 aromatic carbocycles. The number of aromatic nitrogens is 2. The Morgan fingerprint density at radius 3 is 2.55 bits per heavy atom. The number of amides is 1. The number of hydrogen-bond acceptors (Lipinski definition) is 3. The Labute approximate surface area is 117 Å². The second-order valence-corrected chi connectivity index (χ2v) is 4.83. The van der Waals surface area contributed by atoms with E-state index in [1.54, 1.807) is 12.5 Å². The SMILES string of the molecule is CC(C(=O)Nc1ccc(-c2cnc[nH]2)cc1)=C1CNC1. The molecule has 0 atom stereocenters. The van der Waals surface area contributed by atoms with Crippen LogP contribution in [0.5, 0.6) is 0 Å². The zero-order chi connectivity index (χ0) is 13.9. The Hall–Kier alpha value is -2.40. The number of carbonyl (C=O) groups is 1. The lowest BCUT2D eigenvalue weighted by molar-refractivity contribution is -0.112. The maximum atomic E-state index is 12.0. The molecule has 1 fully saturated rings. The van der Waals surface area contributed by atoms with Crippen molar-refractivity contribution in [2.24, 2.45) is 0 Å². The van der Waals surface area contributed by atoms with E-state index in [-0.39, 0.29) is 5.91 Å². The summed E-state index contributed by atoms with van der Waals surface area (Å²) in [4.78, 5) is 19.1. The molecule has 0 radical (unpaired) electrons. The lowest BCUT2D eigenvalue weighted by Crippen LogP contribution is -2.36. The molecule has 0 unspecified atom stereocenters. The number of nitrogens with one attached hydrogen (secondary N) is 3. The van der Waals surface area contributed by atoms with Crippen molar-refractivity contribution in [1.82, 2.24) is 15.3 Å². The summed E-state index contributed by atoms with van der Waals surface area (Å²) < 4.78 is 0.